The first-order valence-electron chi connectivity index (χ1n) is 9.72. The number of phenolic OH excluding ortho intramolecular Hbond substituents is 2. The molecule has 0 heterocycles. The van der Waals surface area contributed by atoms with Gasteiger partial charge in [-0.05, 0) is 72.6 Å². The van der Waals surface area contributed by atoms with E-state index >= 15 is 0 Å². The summed E-state index contributed by atoms with van der Waals surface area (Å²) in [6.07, 6.45) is 2.18. The van der Waals surface area contributed by atoms with Crippen LogP contribution in [0, 0.1) is 12.3 Å². The topological polar surface area (TPSA) is 95.6 Å². The van der Waals surface area contributed by atoms with Crippen molar-refractivity contribution in [3.05, 3.63) is 53.1 Å². The lowest BCUT2D eigenvalue weighted by Crippen LogP contribution is -2.37. The van der Waals surface area contributed by atoms with Crippen LogP contribution in [0.4, 0.5) is 5.69 Å². The zero-order chi connectivity index (χ0) is 20.7. The van der Waals surface area contributed by atoms with E-state index in [4.69, 9.17) is 5.73 Å². The van der Waals surface area contributed by atoms with E-state index in [1.54, 1.807) is 6.07 Å². The summed E-state index contributed by atoms with van der Waals surface area (Å²) in [6, 6.07) is 10.5. The van der Waals surface area contributed by atoms with Crippen molar-refractivity contribution in [1.82, 2.24) is 0 Å². The number of carbonyl (C=O) groups is 1. The summed E-state index contributed by atoms with van der Waals surface area (Å²) in [6.45, 7) is 8.44. The molecule has 5 nitrogen and oxygen atoms in total. The van der Waals surface area contributed by atoms with Gasteiger partial charge in [0.05, 0.1) is 5.41 Å². The quantitative estimate of drug-likeness (QED) is 0.588. The van der Waals surface area contributed by atoms with Gasteiger partial charge in [0.15, 0.2) is 11.5 Å². The molecule has 1 aliphatic carbocycles. The lowest BCUT2D eigenvalue weighted by Gasteiger charge is -2.28. The average molecular weight is 383 g/mol. The second-order valence-corrected chi connectivity index (χ2v) is 9.06. The van der Waals surface area contributed by atoms with E-state index in [2.05, 4.69) is 33.0 Å². The smallest absolute Gasteiger partial charge is 0.235 e. The first-order chi connectivity index (χ1) is 13.0. The summed E-state index contributed by atoms with van der Waals surface area (Å²) in [5.74, 6) is -0.476. The molecule has 1 saturated carbocycles. The van der Waals surface area contributed by atoms with Crippen molar-refractivity contribution in [1.29, 1.82) is 0 Å². The van der Waals surface area contributed by atoms with Crippen LogP contribution in [-0.4, -0.2) is 22.2 Å². The molecule has 3 rings (SSSR count). The van der Waals surface area contributed by atoms with Gasteiger partial charge < -0.3 is 21.3 Å². The molecular formula is C23H30N2O3. The van der Waals surface area contributed by atoms with Gasteiger partial charge in [0, 0.05) is 11.7 Å². The number of carbonyl (C=O) groups excluding carboxylic acids is 1. The molecule has 1 fully saturated rings. The summed E-state index contributed by atoms with van der Waals surface area (Å²) in [4.78, 5) is 13.0. The van der Waals surface area contributed by atoms with Crippen LogP contribution < -0.4 is 11.1 Å². The zero-order valence-corrected chi connectivity index (χ0v) is 17.0. The van der Waals surface area contributed by atoms with Crippen molar-refractivity contribution >= 4 is 11.6 Å². The summed E-state index contributed by atoms with van der Waals surface area (Å²) in [5, 5.41) is 22.3. The number of nitrogens with two attached hydrogens (primary N) is 1. The second kappa shape index (κ2) is 7.13. The molecule has 0 aliphatic heterocycles. The van der Waals surface area contributed by atoms with E-state index in [-0.39, 0.29) is 28.9 Å². The average Bonchev–Trinajstić information content (AvgIpc) is 3.41. The van der Waals surface area contributed by atoms with Gasteiger partial charge in [-0.1, -0.05) is 32.9 Å². The Kier molecular flexibility index (Phi) is 5.15. The van der Waals surface area contributed by atoms with Gasteiger partial charge in [0.25, 0.3) is 0 Å². The third kappa shape index (κ3) is 3.99. The van der Waals surface area contributed by atoms with Crippen LogP contribution in [0.1, 0.15) is 50.3 Å². The normalized spacial score (nSPS) is 16.5. The van der Waals surface area contributed by atoms with Gasteiger partial charge in [0.2, 0.25) is 5.91 Å². The molecule has 5 N–H and O–H groups in total. The molecular weight excluding hydrogens is 352 g/mol. The highest BCUT2D eigenvalue weighted by atomic mass is 16.3. The highest BCUT2D eigenvalue weighted by Gasteiger charge is 2.51. The number of anilines is 1. The van der Waals surface area contributed by atoms with Crippen molar-refractivity contribution in [2.45, 2.75) is 58.4 Å². The van der Waals surface area contributed by atoms with Crippen molar-refractivity contribution in [2.75, 3.05) is 5.32 Å². The molecule has 150 valence electrons. The van der Waals surface area contributed by atoms with E-state index in [0.29, 0.717) is 0 Å². The minimum Gasteiger partial charge on any atom is -0.504 e. The number of nitrogens with one attached hydrogen (secondary N) is 1. The Morgan fingerprint density at radius 2 is 1.82 bits per heavy atom. The number of hydrogen-bond acceptors (Lipinski definition) is 4. The third-order valence-electron chi connectivity index (χ3n) is 5.87. The van der Waals surface area contributed by atoms with Crippen LogP contribution in [-0.2, 0) is 16.6 Å². The number of rotatable bonds is 5. The predicted octanol–water partition coefficient (Wildman–Crippen LogP) is 3.99. The number of aromatic hydroxyl groups is 2. The summed E-state index contributed by atoms with van der Waals surface area (Å²) < 4.78 is 0. The molecule has 2 aromatic carbocycles. The van der Waals surface area contributed by atoms with E-state index in [9.17, 15) is 15.0 Å². The van der Waals surface area contributed by atoms with E-state index in [0.717, 1.165) is 41.6 Å². The molecule has 0 spiro atoms. The van der Waals surface area contributed by atoms with E-state index in [1.807, 2.05) is 18.2 Å². The molecule has 0 saturated heterocycles. The molecule has 1 amide bonds. The Hall–Kier alpha value is -2.53. The number of hydrogen-bond donors (Lipinski definition) is 4. The van der Waals surface area contributed by atoms with Crippen LogP contribution in [0.15, 0.2) is 36.4 Å². The Morgan fingerprint density at radius 1 is 1.14 bits per heavy atom. The van der Waals surface area contributed by atoms with Gasteiger partial charge >= 0.3 is 0 Å². The van der Waals surface area contributed by atoms with Crippen molar-refractivity contribution in [3.8, 4) is 11.5 Å². The first-order valence-corrected chi connectivity index (χ1v) is 9.72. The highest BCUT2D eigenvalue weighted by molar-refractivity contribution is 6.01. The highest BCUT2D eigenvalue weighted by Crippen LogP contribution is 2.50. The number of aryl methyl sites for hydroxylation is 1. The van der Waals surface area contributed by atoms with Crippen molar-refractivity contribution in [3.63, 3.8) is 0 Å². The molecule has 5 heteroatoms. The molecule has 0 radical (unpaired) electrons. The lowest BCUT2D eigenvalue weighted by atomic mass is 9.83. The summed E-state index contributed by atoms with van der Waals surface area (Å²) in [5.41, 5.74) is 9.48. The van der Waals surface area contributed by atoms with Gasteiger partial charge in [-0.2, -0.15) is 0 Å². The number of phenols is 2. The fourth-order valence-corrected chi connectivity index (χ4v) is 3.36. The second-order valence-electron chi connectivity index (χ2n) is 9.06. The SMILES string of the molecule is Cc1ccc(NC(=O)C2(c3ccc(O)c(O)c3)CC2)cc1CC(N)C(C)(C)C. The Morgan fingerprint density at radius 3 is 2.39 bits per heavy atom. The molecule has 1 aliphatic rings. The van der Waals surface area contributed by atoms with Crippen LogP contribution >= 0.6 is 0 Å². The summed E-state index contributed by atoms with van der Waals surface area (Å²) >= 11 is 0. The van der Waals surface area contributed by atoms with Crippen molar-refractivity contribution < 1.29 is 15.0 Å². The fourth-order valence-electron chi connectivity index (χ4n) is 3.36. The van der Waals surface area contributed by atoms with E-state index in [1.165, 1.54) is 12.1 Å². The molecule has 1 atom stereocenters. The third-order valence-corrected chi connectivity index (χ3v) is 5.87. The van der Waals surface area contributed by atoms with Crippen molar-refractivity contribution in [2.24, 2.45) is 11.1 Å². The molecule has 1 unspecified atom stereocenters. The van der Waals surface area contributed by atoms with Gasteiger partial charge in [-0.25, -0.2) is 0 Å². The fraction of sp³-hybridized carbons (Fsp3) is 0.435. The minimum atomic E-state index is -0.641. The van der Waals surface area contributed by atoms with Crippen LogP contribution in [0.5, 0.6) is 11.5 Å². The Labute approximate surface area is 166 Å². The maximum absolute atomic E-state index is 13.0. The number of benzene rings is 2. The maximum Gasteiger partial charge on any atom is 0.235 e. The number of amides is 1. The van der Waals surface area contributed by atoms with Crippen LogP contribution in [0.3, 0.4) is 0 Å². The predicted molar refractivity (Wildman–Crippen MR) is 112 cm³/mol. The minimum absolute atomic E-state index is 0.00460. The first kappa shape index (κ1) is 20.2. The molecule has 0 aromatic heterocycles. The zero-order valence-electron chi connectivity index (χ0n) is 17.0. The molecule has 28 heavy (non-hydrogen) atoms. The molecule has 0 bridgehead atoms. The van der Waals surface area contributed by atoms with Gasteiger partial charge in [-0.3, -0.25) is 4.79 Å². The van der Waals surface area contributed by atoms with Crippen LogP contribution in [0.25, 0.3) is 0 Å². The van der Waals surface area contributed by atoms with Gasteiger partial charge in [-0.15, -0.1) is 0 Å². The lowest BCUT2D eigenvalue weighted by molar-refractivity contribution is -0.118. The monoisotopic (exact) mass is 382 g/mol. The Bertz CT molecular complexity index is 895. The maximum atomic E-state index is 13.0. The van der Waals surface area contributed by atoms with Crippen LogP contribution in [0.2, 0.25) is 0 Å². The van der Waals surface area contributed by atoms with Gasteiger partial charge in [0.1, 0.15) is 0 Å². The Balaban J connectivity index is 1.79. The summed E-state index contributed by atoms with van der Waals surface area (Å²) in [7, 11) is 0. The molecule has 2 aromatic rings. The van der Waals surface area contributed by atoms with E-state index < -0.39 is 5.41 Å². The largest absolute Gasteiger partial charge is 0.504 e. The standard InChI is InChI=1S/C23H30N2O3/c1-14-5-7-17(11-15(14)12-20(24)22(2,3)4)25-21(28)23(9-10-23)16-6-8-18(26)19(27)13-16/h5-8,11,13,20,26-27H,9-10,12,24H2,1-4H3,(H,25,28).